The summed E-state index contributed by atoms with van der Waals surface area (Å²) in [4.78, 5) is 21.9. The van der Waals surface area contributed by atoms with E-state index in [1.807, 2.05) is 63.2 Å². The number of nitrogens with zero attached hydrogens (tertiary/aromatic N) is 2. The Morgan fingerprint density at radius 2 is 1.54 bits per heavy atom. The largest absolute Gasteiger partial charge is 0.438 e. The molecule has 4 rings (SSSR count). The second-order valence-corrected chi connectivity index (χ2v) is 10.7. The summed E-state index contributed by atoms with van der Waals surface area (Å²) in [5, 5.41) is -0.235. The summed E-state index contributed by atoms with van der Waals surface area (Å²) in [6.07, 6.45) is 1.38. The minimum Gasteiger partial charge on any atom is -0.438 e. The first-order chi connectivity index (χ1) is 17.6. The number of hydrogen-bond donors (Lipinski definition) is 1. The molecule has 0 aliphatic heterocycles. The number of carbonyl (C=O) groups excluding carboxylic acids is 1. The highest BCUT2D eigenvalue weighted by Crippen LogP contribution is 2.31. The molecule has 0 atom stereocenters. The number of nitrogens with one attached hydrogen (secondary N) is 1. The van der Waals surface area contributed by atoms with Gasteiger partial charge in [0.05, 0.1) is 0 Å². The van der Waals surface area contributed by atoms with Gasteiger partial charge < -0.3 is 4.74 Å². The number of aromatic nitrogens is 2. The molecule has 37 heavy (non-hydrogen) atoms. The fourth-order valence-corrected chi connectivity index (χ4v) is 5.09. The topological polar surface area (TPSA) is 98.2 Å². The quantitative estimate of drug-likeness (QED) is 0.337. The molecule has 0 radical (unpaired) electrons. The van der Waals surface area contributed by atoms with Crippen LogP contribution in [0.25, 0.3) is 0 Å². The SMILES string of the molecule is Cc1cc(C)c(Oc2nc(CCc3ccccc3)ccc2C(=O)NS(=O)(=O)c2cccc(C)n2)c(C)c1. The lowest BCUT2D eigenvalue weighted by molar-refractivity contribution is 0.0978. The highest BCUT2D eigenvalue weighted by Gasteiger charge is 2.24. The fraction of sp³-hybridized carbons (Fsp3) is 0.207. The summed E-state index contributed by atoms with van der Waals surface area (Å²) >= 11 is 0. The Kier molecular flexibility index (Phi) is 7.69. The van der Waals surface area contributed by atoms with Crippen molar-refractivity contribution in [2.45, 2.75) is 45.6 Å². The van der Waals surface area contributed by atoms with E-state index in [4.69, 9.17) is 4.74 Å². The first-order valence-corrected chi connectivity index (χ1v) is 13.4. The monoisotopic (exact) mass is 515 g/mol. The molecule has 0 aliphatic rings. The van der Waals surface area contributed by atoms with Crippen molar-refractivity contribution in [3.63, 3.8) is 0 Å². The summed E-state index contributed by atoms with van der Waals surface area (Å²) < 4.78 is 34.0. The molecule has 0 saturated carbocycles. The highest BCUT2D eigenvalue weighted by molar-refractivity contribution is 7.90. The zero-order valence-electron chi connectivity index (χ0n) is 21.3. The number of sulfonamides is 1. The van der Waals surface area contributed by atoms with Crippen LogP contribution in [0.5, 0.6) is 11.6 Å². The molecule has 8 heteroatoms. The van der Waals surface area contributed by atoms with Gasteiger partial charge in [0.15, 0.2) is 5.03 Å². The van der Waals surface area contributed by atoms with Crippen LogP contribution in [0.3, 0.4) is 0 Å². The summed E-state index contributed by atoms with van der Waals surface area (Å²) in [5.41, 5.74) is 5.28. The van der Waals surface area contributed by atoms with E-state index in [9.17, 15) is 13.2 Å². The number of amides is 1. The predicted octanol–water partition coefficient (Wildman–Crippen LogP) is 5.41. The van der Waals surface area contributed by atoms with Gasteiger partial charge in [-0.25, -0.2) is 14.7 Å². The van der Waals surface area contributed by atoms with E-state index in [2.05, 4.69) is 14.7 Å². The van der Waals surface area contributed by atoms with Crippen molar-refractivity contribution < 1.29 is 17.9 Å². The minimum atomic E-state index is -4.19. The lowest BCUT2D eigenvalue weighted by Crippen LogP contribution is -2.31. The van der Waals surface area contributed by atoms with Gasteiger partial charge in [0.2, 0.25) is 5.88 Å². The highest BCUT2D eigenvalue weighted by atomic mass is 32.2. The smallest absolute Gasteiger partial charge is 0.281 e. The van der Waals surface area contributed by atoms with Crippen LogP contribution >= 0.6 is 0 Å². The Balaban J connectivity index is 1.68. The predicted molar refractivity (Wildman–Crippen MR) is 142 cm³/mol. The third-order valence-corrected chi connectivity index (χ3v) is 7.08. The van der Waals surface area contributed by atoms with Crippen LogP contribution in [0.4, 0.5) is 0 Å². The number of ether oxygens (including phenoxy) is 1. The number of carbonyl (C=O) groups is 1. The standard InChI is InChI=1S/C29H29N3O4S/c1-19-17-20(2)27(21(3)18-19)36-29-25(16-15-24(31-29)14-13-23-10-6-5-7-11-23)28(33)32-37(34,35)26-12-8-9-22(4)30-26/h5-12,15-18H,13-14H2,1-4H3,(H,32,33). The molecule has 4 aromatic rings. The maximum atomic E-state index is 13.2. The minimum absolute atomic E-state index is 0.0130. The molecule has 0 bridgehead atoms. The summed E-state index contributed by atoms with van der Waals surface area (Å²) in [5.74, 6) is -0.219. The molecule has 2 aromatic carbocycles. The first kappa shape index (κ1) is 26.0. The molecule has 2 aromatic heterocycles. The average molecular weight is 516 g/mol. The first-order valence-electron chi connectivity index (χ1n) is 11.9. The molecular formula is C29H29N3O4S. The van der Waals surface area contributed by atoms with Crippen molar-refractivity contribution in [1.29, 1.82) is 0 Å². The van der Waals surface area contributed by atoms with E-state index in [1.54, 1.807) is 31.2 Å². The van der Waals surface area contributed by atoms with Gasteiger partial charge in [-0.2, -0.15) is 8.42 Å². The van der Waals surface area contributed by atoms with Crippen LogP contribution in [0.1, 0.15) is 44.0 Å². The second-order valence-electron chi connectivity index (χ2n) is 9.02. The third kappa shape index (κ3) is 6.40. The van der Waals surface area contributed by atoms with E-state index in [1.165, 1.54) is 6.07 Å². The molecule has 0 fully saturated rings. The van der Waals surface area contributed by atoms with Gasteiger partial charge in [0, 0.05) is 11.4 Å². The van der Waals surface area contributed by atoms with Crippen LogP contribution < -0.4 is 9.46 Å². The summed E-state index contributed by atoms with van der Waals surface area (Å²) in [6.45, 7) is 7.51. The molecular weight excluding hydrogens is 486 g/mol. The Labute approximate surface area is 217 Å². The number of aryl methyl sites for hydroxylation is 6. The lowest BCUT2D eigenvalue weighted by Gasteiger charge is -2.16. The van der Waals surface area contributed by atoms with Crippen LogP contribution in [0, 0.1) is 27.7 Å². The van der Waals surface area contributed by atoms with E-state index < -0.39 is 15.9 Å². The van der Waals surface area contributed by atoms with Gasteiger partial charge in [0.1, 0.15) is 11.3 Å². The second kappa shape index (κ2) is 10.9. The van der Waals surface area contributed by atoms with E-state index in [0.717, 1.165) is 34.4 Å². The molecule has 0 aliphatic carbocycles. The molecule has 1 N–H and O–H groups in total. The van der Waals surface area contributed by atoms with Crippen LogP contribution in [-0.2, 0) is 22.9 Å². The number of benzene rings is 2. The Morgan fingerprint density at radius 1 is 0.838 bits per heavy atom. The van der Waals surface area contributed by atoms with Gasteiger partial charge in [-0.3, -0.25) is 4.79 Å². The van der Waals surface area contributed by atoms with Crippen LogP contribution in [-0.4, -0.2) is 24.3 Å². The van der Waals surface area contributed by atoms with Crippen molar-refractivity contribution in [1.82, 2.24) is 14.7 Å². The average Bonchev–Trinajstić information content (AvgIpc) is 2.85. The summed E-state index contributed by atoms with van der Waals surface area (Å²) in [7, 11) is -4.19. The lowest BCUT2D eigenvalue weighted by atomic mass is 10.1. The maximum Gasteiger partial charge on any atom is 0.281 e. The molecule has 1 amide bonds. The summed E-state index contributed by atoms with van der Waals surface area (Å²) in [6, 6.07) is 21.8. The van der Waals surface area contributed by atoms with Crippen molar-refractivity contribution >= 4 is 15.9 Å². The van der Waals surface area contributed by atoms with Gasteiger partial charge >= 0.3 is 0 Å². The number of pyridine rings is 2. The van der Waals surface area contributed by atoms with E-state index >= 15 is 0 Å². The molecule has 0 unspecified atom stereocenters. The molecule has 0 saturated heterocycles. The maximum absolute atomic E-state index is 13.2. The molecule has 190 valence electrons. The van der Waals surface area contributed by atoms with Crippen molar-refractivity contribution in [3.8, 4) is 11.6 Å². The van der Waals surface area contributed by atoms with Gasteiger partial charge in [-0.15, -0.1) is 0 Å². The van der Waals surface area contributed by atoms with Crippen molar-refractivity contribution in [2.75, 3.05) is 0 Å². The fourth-order valence-electron chi connectivity index (χ4n) is 4.11. The zero-order chi connectivity index (χ0) is 26.6. The van der Waals surface area contributed by atoms with Crippen molar-refractivity contribution in [3.05, 3.63) is 112 Å². The molecule has 7 nitrogen and oxygen atoms in total. The molecule has 2 heterocycles. The van der Waals surface area contributed by atoms with Crippen LogP contribution in [0.15, 0.2) is 77.8 Å². The van der Waals surface area contributed by atoms with Gasteiger partial charge in [-0.1, -0.05) is 54.1 Å². The Bertz CT molecular complexity index is 1530. The molecule has 0 spiro atoms. The van der Waals surface area contributed by atoms with Gasteiger partial charge in [0.25, 0.3) is 15.9 Å². The Hall–Kier alpha value is -4.04. The van der Waals surface area contributed by atoms with Crippen molar-refractivity contribution in [2.24, 2.45) is 0 Å². The Morgan fingerprint density at radius 3 is 2.22 bits per heavy atom. The van der Waals surface area contributed by atoms with Crippen LogP contribution in [0.2, 0.25) is 0 Å². The number of hydrogen-bond acceptors (Lipinski definition) is 6. The van der Waals surface area contributed by atoms with E-state index in [0.29, 0.717) is 17.9 Å². The number of rotatable bonds is 8. The van der Waals surface area contributed by atoms with E-state index in [-0.39, 0.29) is 16.5 Å². The zero-order valence-corrected chi connectivity index (χ0v) is 22.1. The van der Waals surface area contributed by atoms with Gasteiger partial charge in [-0.05, 0) is 81.5 Å². The normalized spacial score (nSPS) is 11.2. The third-order valence-electron chi connectivity index (χ3n) is 5.84.